The van der Waals surface area contributed by atoms with Crippen molar-refractivity contribution in [3.63, 3.8) is 0 Å². The minimum absolute atomic E-state index is 0.0186. The molecule has 1 aliphatic heterocycles. The number of methoxy groups -OCH3 is 2. The van der Waals surface area contributed by atoms with E-state index in [2.05, 4.69) is 24.1 Å². The van der Waals surface area contributed by atoms with E-state index in [0.29, 0.717) is 49.4 Å². The summed E-state index contributed by atoms with van der Waals surface area (Å²) in [6.07, 6.45) is 2.87. The molecule has 4 rings (SSSR count). The van der Waals surface area contributed by atoms with Gasteiger partial charge in [-0.25, -0.2) is 0 Å². The fourth-order valence-electron chi connectivity index (χ4n) is 5.84. The van der Waals surface area contributed by atoms with Gasteiger partial charge in [0.05, 0.1) is 19.1 Å². The molecule has 2 amide bonds. The van der Waals surface area contributed by atoms with E-state index >= 15 is 0 Å². The molecule has 230 valence electrons. The quantitative estimate of drug-likeness (QED) is 0.307. The van der Waals surface area contributed by atoms with Gasteiger partial charge >= 0.3 is 0 Å². The molecule has 2 aliphatic rings. The Kier molecular flexibility index (Phi) is 10.9. The molecule has 2 aromatic carbocycles. The van der Waals surface area contributed by atoms with E-state index in [0.717, 1.165) is 37.9 Å². The Morgan fingerprint density at radius 2 is 1.64 bits per heavy atom. The Morgan fingerprint density at radius 1 is 0.952 bits per heavy atom. The van der Waals surface area contributed by atoms with Crippen LogP contribution in [0.1, 0.15) is 62.9 Å². The third-order valence-electron chi connectivity index (χ3n) is 8.67. The number of carbonyl (C=O) groups excluding carboxylic acids is 2. The largest absolute Gasteiger partial charge is 0.493 e. The molecular formula is C34H49N3O5. The SMILES string of the molecule is COCCCOc1cc(C(=O)N(CC2CNC[C@H]2CN(C(=O)C(C)(C)c2ccccc2)C2CC2)C(C)C)ccc1OC. The Hall–Kier alpha value is -3.10. The van der Waals surface area contributed by atoms with E-state index in [1.165, 1.54) is 0 Å². The van der Waals surface area contributed by atoms with Gasteiger partial charge in [0.2, 0.25) is 5.91 Å². The number of carbonyl (C=O) groups is 2. The predicted octanol–water partition coefficient (Wildman–Crippen LogP) is 4.77. The first-order chi connectivity index (χ1) is 20.2. The summed E-state index contributed by atoms with van der Waals surface area (Å²) in [5.41, 5.74) is 1.02. The van der Waals surface area contributed by atoms with Gasteiger partial charge in [0, 0.05) is 64.0 Å². The van der Waals surface area contributed by atoms with Crippen LogP contribution in [0.15, 0.2) is 48.5 Å². The van der Waals surface area contributed by atoms with Crippen LogP contribution in [-0.4, -0.2) is 87.3 Å². The number of hydrogen-bond donors (Lipinski definition) is 1. The molecule has 0 radical (unpaired) electrons. The normalized spacial score (nSPS) is 18.6. The first-order valence-electron chi connectivity index (χ1n) is 15.3. The molecule has 42 heavy (non-hydrogen) atoms. The van der Waals surface area contributed by atoms with Crippen molar-refractivity contribution < 1.29 is 23.8 Å². The summed E-state index contributed by atoms with van der Waals surface area (Å²) in [6.45, 7) is 12.3. The first-order valence-corrected chi connectivity index (χ1v) is 15.3. The number of rotatable bonds is 15. The van der Waals surface area contributed by atoms with E-state index in [1.54, 1.807) is 26.4 Å². The number of nitrogens with zero attached hydrogens (tertiary/aromatic N) is 2. The van der Waals surface area contributed by atoms with Crippen molar-refractivity contribution in [1.29, 1.82) is 0 Å². The van der Waals surface area contributed by atoms with Gasteiger partial charge in [-0.05, 0) is 76.1 Å². The van der Waals surface area contributed by atoms with Gasteiger partial charge in [0.25, 0.3) is 5.91 Å². The minimum atomic E-state index is -0.594. The second kappa shape index (κ2) is 14.4. The molecule has 2 fully saturated rings. The zero-order valence-corrected chi connectivity index (χ0v) is 26.2. The highest BCUT2D eigenvalue weighted by Crippen LogP contribution is 2.35. The predicted molar refractivity (Wildman–Crippen MR) is 165 cm³/mol. The molecule has 1 saturated carbocycles. The van der Waals surface area contributed by atoms with Gasteiger partial charge in [-0.15, -0.1) is 0 Å². The summed E-state index contributed by atoms with van der Waals surface area (Å²) >= 11 is 0. The maximum absolute atomic E-state index is 14.0. The number of amides is 2. The Bertz CT molecular complexity index is 1180. The van der Waals surface area contributed by atoms with Crippen LogP contribution in [0, 0.1) is 11.8 Å². The molecule has 8 nitrogen and oxygen atoms in total. The molecule has 0 aromatic heterocycles. The molecule has 1 heterocycles. The average Bonchev–Trinajstić information content (AvgIpc) is 3.74. The monoisotopic (exact) mass is 579 g/mol. The van der Waals surface area contributed by atoms with E-state index in [4.69, 9.17) is 14.2 Å². The molecule has 2 aromatic rings. The second-order valence-corrected chi connectivity index (χ2v) is 12.5. The van der Waals surface area contributed by atoms with E-state index in [1.807, 2.05) is 55.1 Å². The topological polar surface area (TPSA) is 80.3 Å². The molecule has 1 aliphatic carbocycles. The van der Waals surface area contributed by atoms with Crippen LogP contribution in [0.25, 0.3) is 0 Å². The van der Waals surface area contributed by atoms with Gasteiger partial charge in [-0.1, -0.05) is 30.3 Å². The molecular weight excluding hydrogens is 530 g/mol. The summed E-state index contributed by atoms with van der Waals surface area (Å²) in [6, 6.07) is 15.8. The molecule has 1 saturated heterocycles. The molecule has 1 unspecified atom stereocenters. The van der Waals surface area contributed by atoms with Crippen molar-refractivity contribution in [2.24, 2.45) is 11.8 Å². The van der Waals surface area contributed by atoms with Crippen molar-refractivity contribution in [2.45, 2.75) is 64.5 Å². The lowest BCUT2D eigenvalue weighted by Gasteiger charge is -2.36. The number of benzene rings is 2. The summed E-state index contributed by atoms with van der Waals surface area (Å²) in [5, 5.41) is 3.55. The van der Waals surface area contributed by atoms with Crippen molar-refractivity contribution in [3.8, 4) is 11.5 Å². The van der Waals surface area contributed by atoms with Crippen LogP contribution in [-0.2, 0) is 14.9 Å². The van der Waals surface area contributed by atoms with Crippen LogP contribution >= 0.6 is 0 Å². The van der Waals surface area contributed by atoms with Gasteiger partial charge in [-0.3, -0.25) is 9.59 Å². The van der Waals surface area contributed by atoms with Crippen molar-refractivity contribution in [2.75, 3.05) is 53.6 Å². The zero-order chi connectivity index (χ0) is 30.3. The van der Waals surface area contributed by atoms with Crippen LogP contribution in [0.2, 0.25) is 0 Å². The summed E-state index contributed by atoms with van der Waals surface area (Å²) < 4.78 is 16.5. The highest BCUT2D eigenvalue weighted by Gasteiger charge is 2.43. The lowest BCUT2D eigenvalue weighted by atomic mass is 9.82. The highest BCUT2D eigenvalue weighted by atomic mass is 16.5. The Labute approximate surface area is 251 Å². The van der Waals surface area contributed by atoms with Crippen LogP contribution in [0.5, 0.6) is 11.5 Å². The minimum Gasteiger partial charge on any atom is -0.493 e. The summed E-state index contributed by atoms with van der Waals surface area (Å²) in [5.74, 6) is 1.83. The molecule has 0 spiro atoms. The van der Waals surface area contributed by atoms with E-state index < -0.39 is 5.41 Å². The lowest BCUT2D eigenvalue weighted by molar-refractivity contribution is -0.137. The van der Waals surface area contributed by atoms with Gasteiger partial charge in [0.15, 0.2) is 11.5 Å². The number of nitrogens with one attached hydrogen (secondary N) is 1. The third kappa shape index (κ3) is 7.64. The summed E-state index contributed by atoms with van der Waals surface area (Å²) in [7, 11) is 3.26. The van der Waals surface area contributed by atoms with E-state index in [9.17, 15) is 9.59 Å². The standard InChI is InChI=1S/C34H49N3O5/c1-24(2)36(32(38)25-13-16-30(41-6)31(19-25)42-18-10-17-40-5)22-26-20-35-21-27(26)23-37(29-14-15-29)33(39)34(3,4)28-11-8-7-9-12-28/h7-9,11-13,16,19,24,26-27,29,35H,10,14-15,17-18,20-23H2,1-6H3/t26?,27-/m0/s1. The van der Waals surface area contributed by atoms with Gasteiger partial charge in [0.1, 0.15) is 0 Å². The van der Waals surface area contributed by atoms with Gasteiger partial charge in [-0.2, -0.15) is 0 Å². The Morgan fingerprint density at radius 3 is 2.26 bits per heavy atom. The smallest absolute Gasteiger partial charge is 0.254 e. The summed E-state index contributed by atoms with van der Waals surface area (Å²) in [4.78, 5) is 31.9. The van der Waals surface area contributed by atoms with Crippen molar-refractivity contribution >= 4 is 11.8 Å². The zero-order valence-electron chi connectivity index (χ0n) is 26.2. The average molecular weight is 580 g/mol. The maximum Gasteiger partial charge on any atom is 0.254 e. The number of hydrogen-bond acceptors (Lipinski definition) is 6. The Balaban J connectivity index is 1.47. The lowest BCUT2D eigenvalue weighted by Crippen LogP contribution is -2.49. The molecule has 1 N–H and O–H groups in total. The molecule has 2 atom stereocenters. The van der Waals surface area contributed by atoms with Gasteiger partial charge < -0.3 is 29.3 Å². The van der Waals surface area contributed by atoms with E-state index in [-0.39, 0.29) is 29.7 Å². The first kappa shape index (κ1) is 31.8. The van der Waals surface area contributed by atoms with Crippen LogP contribution in [0.3, 0.4) is 0 Å². The third-order valence-corrected chi connectivity index (χ3v) is 8.67. The van der Waals surface area contributed by atoms with Crippen molar-refractivity contribution in [3.05, 3.63) is 59.7 Å². The second-order valence-electron chi connectivity index (χ2n) is 12.5. The maximum atomic E-state index is 14.0. The van der Waals surface area contributed by atoms with Crippen LogP contribution in [0.4, 0.5) is 0 Å². The fourth-order valence-corrected chi connectivity index (χ4v) is 5.84. The molecule has 8 heteroatoms. The highest BCUT2D eigenvalue weighted by molar-refractivity contribution is 5.95. The molecule has 0 bridgehead atoms. The van der Waals surface area contributed by atoms with Crippen molar-refractivity contribution in [1.82, 2.24) is 15.1 Å². The van der Waals surface area contributed by atoms with Crippen LogP contribution < -0.4 is 14.8 Å². The number of ether oxygens (including phenoxy) is 3. The fraction of sp³-hybridized carbons (Fsp3) is 0.588.